The number of amides is 1. The highest BCUT2D eigenvalue weighted by atomic mass is 35.5. The van der Waals surface area contributed by atoms with Crippen LogP contribution in [0.25, 0.3) is 0 Å². The van der Waals surface area contributed by atoms with E-state index >= 15 is 0 Å². The third-order valence-corrected chi connectivity index (χ3v) is 4.76. The molecule has 2 aromatic carbocycles. The van der Waals surface area contributed by atoms with Gasteiger partial charge in [-0.1, -0.05) is 23.2 Å². The second-order valence-corrected chi connectivity index (χ2v) is 7.36. The van der Waals surface area contributed by atoms with E-state index in [9.17, 15) is 9.59 Å². The number of anilines is 1. The fourth-order valence-electron chi connectivity index (χ4n) is 2.76. The standard InChI is InChI=1S/C22H25Cl2N3O6/c1-6-32-17-8-13(23)9-18(33-7-2)21(17)27-26-19(12(3)28)22(29)25-20-15(24)10-14(30-4)11-16(20)31-5/h8-11,19H,6-7H2,1-5H3,(H,25,29). The van der Waals surface area contributed by atoms with Crippen molar-refractivity contribution in [3.05, 3.63) is 34.3 Å². The van der Waals surface area contributed by atoms with Crippen molar-refractivity contribution in [2.24, 2.45) is 10.2 Å². The zero-order chi connectivity index (χ0) is 24.5. The van der Waals surface area contributed by atoms with Gasteiger partial charge in [0, 0.05) is 29.3 Å². The fraction of sp³-hybridized carbons (Fsp3) is 0.364. The Balaban J connectivity index is 2.41. The van der Waals surface area contributed by atoms with E-state index in [0.29, 0.717) is 35.5 Å². The molecule has 0 aliphatic carbocycles. The lowest BCUT2D eigenvalue weighted by Crippen LogP contribution is -2.32. The average molecular weight is 498 g/mol. The van der Waals surface area contributed by atoms with Crippen LogP contribution in [0.3, 0.4) is 0 Å². The third-order valence-electron chi connectivity index (χ3n) is 4.24. The van der Waals surface area contributed by atoms with Crippen LogP contribution in [-0.2, 0) is 9.59 Å². The van der Waals surface area contributed by atoms with E-state index in [2.05, 4.69) is 15.5 Å². The lowest BCUT2D eigenvalue weighted by Gasteiger charge is -2.16. The smallest absolute Gasteiger partial charge is 0.258 e. The molecule has 0 aromatic heterocycles. The van der Waals surface area contributed by atoms with Gasteiger partial charge in [0.05, 0.1) is 32.5 Å². The molecule has 1 amide bonds. The van der Waals surface area contributed by atoms with Gasteiger partial charge >= 0.3 is 0 Å². The second-order valence-electron chi connectivity index (χ2n) is 6.52. The highest BCUT2D eigenvalue weighted by Gasteiger charge is 2.26. The predicted octanol–water partition coefficient (Wildman–Crippen LogP) is 5.49. The maximum Gasteiger partial charge on any atom is 0.258 e. The minimum Gasteiger partial charge on any atom is -0.497 e. The number of hydrogen-bond donors (Lipinski definition) is 1. The van der Waals surface area contributed by atoms with Crippen molar-refractivity contribution in [1.29, 1.82) is 0 Å². The van der Waals surface area contributed by atoms with Crippen molar-refractivity contribution in [3.8, 4) is 23.0 Å². The number of nitrogens with one attached hydrogen (secondary N) is 1. The van der Waals surface area contributed by atoms with Crippen molar-refractivity contribution in [2.45, 2.75) is 26.8 Å². The van der Waals surface area contributed by atoms with E-state index in [1.165, 1.54) is 27.2 Å². The fourth-order valence-corrected chi connectivity index (χ4v) is 3.21. The number of methoxy groups -OCH3 is 2. The third kappa shape index (κ3) is 6.72. The van der Waals surface area contributed by atoms with Crippen LogP contribution in [0.2, 0.25) is 10.0 Å². The lowest BCUT2D eigenvalue weighted by atomic mass is 10.2. The molecule has 0 aliphatic rings. The average Bonchev–Trinajstić information content (AvgIpc) is 2.76. The molecule has 0 heterocycles. The van der Waals surface area contributed by atoms with E-state index in [1.54, 1.807) is 32.0 Å². The molecule has 1 N–H and O–H groups in total. The van der Waals surface area contributed by atoms with Gasteiger partial charge in [-0.05, 0) is 20.8 Å². The first-order chi connectivity index (χ1) is 15.7. The van der Waals surface area contributed by atoms with Crippen molar-refractivity contribution in [3.63, 3.8) is 0 Å². The summed E-state index contributed by atoms with van der Waals surface area (Å²) in [6.07, 6.45) is 0. The summed E-state index contributed by atoms with van der Waals surface area (Å²) in [4.78, 5) is 25.1. The van der Waals surface area contributed by atoms with Crippen molar-refractivity contribution in [1.82, 2.24) is 0 Å². The van der Waals surface area contributed by atoms with Gasteiger partial charge in [-0.3, -0.25) is 9.59 Å². The lowest BCUT2D eigenvalue weighted by molar-refractivity contribution is -0.126. The first kappa shape index (κ1) is 26.2. The molecule has 0 fully saturated rings. The summed E-state index contributed by atoms with van der Waals surface area (Å²) < 4.78 is 21.6. The van der Waals surface area contributed by atoms with Crippen LogP contribution in [0.15, 0.2) is 34.5 Å². The minimum absolute atomic E-state index is 0.161. The van der Waals surface area contributed by atoms with Gasteiger partial charge in [-0.15, -0.1) is 5.11 Å². The topological polar surface area (TPSA) is 108 Å². The number of benzene rings is 2. The Kier molecular flexibility index (Phi) is 9.74. The summed E-state index contributed by atoms with van der Waals surface area (Å²) in [5.41, 5.74) is 0.380. The zero-order valence-corrected chi connectivity index (χ0v) is 20.4. The van der Waals surface area contributed by atoms with Crippen LogP contribution < -0.4 is 24.3 Å². The number of azo groups is 1. The van der Waals surface area contributed by atoms with Crippen LogP contribution in [0.1, 0.15) is 20.8 Å². The summed E-state index contributed by atoms with van der Waals surface area (Å²) in [7, 11) is 2.88. The number of carbonyl (C=O) groups is 2. The Hall–Kier alpha value is -3.04. The Morgan fingerprint density at radius 2 is 1.58 bits per heavy atom. The van der Waals surface area contributed by atoms with Gasteiger partial charge < -0.3 is 24.3 Å². The maximum atomic E-state index is 12.9. The largest absolute Gasteiger partial charge is 0.497 e. The van der Waals surface area contributed by atoms with Gasteiger partial charge in [0.1, 0.15) is 17.2 Å². The Bertz CT molecular complexity index is 1020. The van der Waals surface area contributed by atoms with E-state index in [-0.39, 0.29) is 22.1 Å². The van der Waals surface area contributed by atoms with Crippen LogP contribution in [0.4, 0.5) is 11.4 Å². The monoisotopic (exact) mass is 497 g/mol. The molecule has 33 heavy (non-hydrogen) atoms. The Morgan fingerprint density at radius 1 is 0.970 bits per heavy atom. The number of hydrogen-bond acceptors (Lipinski definition) is 8. The number of halogens is 2. The quantitative estimate of drug-likeness (QED) is 0.324. The van der Waals surface area contributed by atoms with Gasteiger partial charge in [0.2, 0.25) is 6.04 Å². The number of carbonyl (C=O) groups excluding carboxylic acids is 2. The molecule has 2 aromatic rings. The molecule has 0 bridgehead atoms. The van der Waals surface area contributed by atoms with Crippen molar-refractivity contribution in [2.75, 3.05) is 32.8 Å². The molecule has 9 nitrogen and oxygen atoms in total. The molecule has 0 saturated heterocycles. The number of nitrogens with zero attached hydrogens (tertiary/aromatic N) is 2. The summed E-state index contributed by atoms with van der Waals surface area (Å²) >= 11 is 12.4. The SMILES string of the molecule is CCOc1cc(Cl)cc(OCC)c1N=NC(C(C)=O)C(=O)Nc1c(Cl)cc(OC)cc1OC. The molecule has 11 heteroatoms. The van der Waals surface area contributed by atoms with Crippen molar-refractivity contribution >= 4 is 46.3 Å². The van der Waals surface area contributed by atoms with E-state index in [4.69, 9.17) is 42.1 Å². The predicted molar refractivity (Wildman–Crippen MR) is 126 cm³/mol. The van der Waals surface area contributed by atoms with Crippen molar-refractivity contribution < 1.29 is 28.5 Å². The normalized spacial score (nSPS) is 11.7. The Morgan fingerprint density at radius 3 is 2.06 bits per heavy atom. The molecule has 0 aliphatic heterocycles. The van der Waals surface area contributed by atoms with Gasteiger partial charge in [0.25, 0.3) is 5.91 Å². The number of ether oxygens (including phenoxy) is 4. The highest BCUT2D eigenvalue weighted by molar-refractivity contribution is 6.34. The van der Waals surface area contributed by atoms with Crippen LogP contribution in [-0.4, -0.2) is 45.2 Å². The first-order valence-electron chi connectivity index (χ1n) is 9.98. The molecular formula is C22H25Cl2N3O6. The second kappa shape index (κ2) is 12.3. The first-order valence-corrected chi connectivity index (χ1v) is 10.7. The zero-order valence-electron chi connectivity index (χ0n) is 18.9. The molecule has 178 valence electrons. The van der Waals surface area contributed by atoms with E-state index in [1.807, 2.05) is 0 Å². The molecule has 1 atom stereocenters. The highest BCUT2D eigenvalue weighted by Crippen LogP contribution is 2.41. The molecule has 0 radical (unpaired) electrons. The van der Waals surface area contributed by atoms with Gasteiger partial charge in [0.15, 0.2) is 23.0 Å². The molecule has 2 rings (SSSR count). The van der Waals surface area contributed by atoms with Gasteiger partial charge in [-0.2, -0.15) is 5.11 Å². The van der Waals surface area contributed by atoms with Crippen LogP contribution >= 0.6 is 23.2 Å². The Labute approximate surface area is 202 Å². The maximum absolute atomic E-state index is 12.9. The van der Waals surface area contributed by atoms with E-state index in [0.717, 1.165) is 0 Å². The number of Topliss-reactive ketones (excluding diaryl/α,β-unsaturated/α-hetero) is 1. The number of ketones is 1. The number of rotatable bonds is 11. The molecule has 0 saturated carbocycles. The van der Waals surface area contributed by atoms with E-state index < -0.39 is 17.7 Å². The molecule has 1 unspecified atom stereocenters. The summed E-state index contributed by atoms with van der Waals surface area (Å²) in [5, 5.41) is 11.2. The molecular weight excluding hydrogens is 473 g/mol. The van der Waals surface area contributed by atoms with Gasteiger partial charge in [-0.25, -0.2) is 0 Å². The van der Waals surface area contributed by atoms with Crippen LogP contribution in [0.5, 0.6) is 23.0 Å². The molecule has 0 spiro atoms. The minimum atomic E-state index is -1.47. The van der Waals surface area contributed by atoms with Crippen LogP contribution in [0, 0.1) is 0 Å². The summed E-state index contributed by atoms with van der Waals surface area (Å²) in [6, 6.07) is 4.68. The summed E-state index contributed by atoms with van der Waals surface area (Å²) in [5.74, 6) is 0.0139. The summed E-state index contributed by atoms with van der Waals surface area (Å²) in [6.45, 7) is 5.48.